The lowest BCUT2D eigenvalue weighted by Gasteiger charge is -2.05. The van der Waals surface area contributed by atoms with E-state index in [9.17, 15) is 0 Å². The summed E-state index contributed by atoms with van der Waals surface area (Å²) < 4.78 is 5.56. The van der Waals surface area contributed by atoms with Gasteiger partial charge in [-0.1, -0.05) is 0 Å². The fraction of sp³-hybridized carbons (Fsp3) is 0.667. The van der Waals surface area contributed by atoms with Crippen LogP contribution < -0.4 is 5.73 Å². The molecule has 3 heteroatoms. The summed E-state index contributed by atoms with van der Waals surface area (Å²) in [4.78, 5) is 4.39. The molecular formula is C9H14N2O. The van der Waals surface area contributed by atoms with Gasteiger partial charge in [0.15, 0.2) is 5.89 Å². The molecule has 0 fully saturated rings. The predicted octanol–water partition coefficient (Wildman–Crippen LogP) is 1.05. The number of aromatic nitrogens is 1. The number of hydrogen-bond acceptors (Lipinski definition) is 3. The predicted molar refractivity (Wildman–Crippen MR) is 45.9 cm³/mol. The molecule has 0 aliphatic heterocycles. The van der Waals surface area contributed by atoms with E-state index < -0.39 is 0 Å². The molecule has 2 rings (SSSR count). The molecule has 1 aromatic heterocycles. The van der Waals surface area contributed by atoms with E-state index >= 15 is 0 Å². The van der Waals surface area contributed by atoms with Gasteiger partial charge in [-0.3, -0.25) is 0 Å². The Balaban J connectivity index is 2.20. The second kappa shape index (κ2) is 3.27. The van der Waals surface area contributed by atoms with Crippen LogP contribution in [0.4, 0.5) is 0 Å². The molecule has 1 heterocycles. The van der Waals surface area contributed by atoms with Gasteiger partial charge in [-0.05, 0) is 19.3 Å². The largest absolute Gasteiger partial charge is 0.445 e. The molecule has 0 saturated carbocycles. The molecule has 0 radical (unpaired) electrons. The standard InChI is InChI=1S/C9H14N2O/c10-6-5-9-11-7-3-1-2-4-8(7)12-9/h1-6,10H2. The van der Waals surface area contributed by atoms with Gasteiger partial charge in [0.05, 0.1) is 5.69 Å². The summed E-state index contributed by atoms with van der Waals surface area (Å²) in [7, 11) is 0. The molecule has 0 unspecified atom stereocenters. The van der Waals surface area contributed by atoms with E-state index in [1.165, 1.54) is 18.5 Å². The molecule has 0 aromatic carbocycles. The van der Waals surface area contributed by atoms with Crippen LogP contribution >= 0.6 is 0 Å². The van der Waals surface area contributed by atoms with Crippen LogP contribution in [0.15, 0.2) is 4.42 Å². The van der Waals surface area contributed by atoms with Crippen molar-refractivity contribution in [3.63, 3.8) is 0 Å². The molecule has 1 aromatic rings. The monoisotopic (exact) mass is 166 g/mol. The Morgan fingerprint density at radius 3 is 2.92 bits per heavy atom. The van der Waals surface area contributed by atoms with E-state index in [0.29, 0.717) is 6.54 Å². The Morgan fingerprint density at radius 2 is 2.17 bits per heavy atom. The minimum absolute atomic E-state index is 0.624. The quantitative estimate of drug-likeness (QED) is 0.714. The van der Waals surface area contributed by atoms with Crippen molar-refractivity contribution in [2.45, 2.75) is 32.1 Å². The van der Waals surface area contributed by atoms with Crippen molar-refractivity contribution in [2.24, 2.45) is 5.73 Å². The molecule has 0 amide bonds. The van der Waals surface area contributed by atoms with Gasteiger partial charge in [-0.25, -0.2) is 4.98 Å². The van der Waals surface area contributed by atoms with Gasteiger partial charge in [-0.2, -0.15) is 0 Å². The fourth-order valence-corrected chi connectivity index (χ4v) is 1.64. The van der Waals surface area contributed by atoms with Crippen molar-refractivity contribution in [3.05, 3.63) is 17.3 Å². The zero-order valence-corrected chi connectivity index (χ0v) is 7.18. The van der Waals surface area contributed by atoms with Gasteiger partial charge >= 0.3 is 0 Å². The third-order valence-electron chi connectivity index (χ3n) is 2.25. The summed E-state index contributed by atoms with van der Waals surface area (Å²) in [6, 6.07) is 0. The highest BCUT2D eigenvalue weighted by molar-refractivity contribution is 5.13. The van der Waals surface area contributed by atoms with Gasteiger partial charge < -0.3 is 10.2 Å². The van der Waals surface area contributed by atoms with Crippen LogP contribution in [0.3, 0.4) is 0 Å². The molecule has 66 valence electrons. The molecule has 2 N–H and O–H groups in total. The second-order valence-corrected chi connectivity index (χ2v) is 3.22. The van der Waals surface area contributed by atoms with Gasteiger partial charge in [0.1, 0.15) is 5.76 Å². The first kappa shape index (κ1) is 7.80. The van der Waals surface area contributed by atoms with Gasteiger partial charge in [0.25, 0.3) is 0 Å². The van der Waals surface area contributed by atoms with Crippen LogP contribution in [-0.2, 0) is 19.3 Å². The molecule has 0 spiro atoms. The van der Waals surface area contributed by atoms with Crippen molar-refractivity contribution in [1.82, 2.24) is 4.98 Å². The number of aryl methyl sites for hydroxylation is 2. The maximum Gasteiger partial charge on any atom is 0.195 e. The first-order valence-corrected chi connectivity index (χ1v) is 4.57. The van der Waals surface area contributed by atoms with Gasteiger partial charge in [0, 0.05) is 19.4 Å². The lowest BCUT2D eigenvalue weighted by molar-refractivity contribution is 0.440. The second-order valence-electron chi connectivity index (χ2n) is 3.22. The molecule has 0 atom stereocenters. The number of hydrogen-bond donors (Lipinski definition) is 1. The minimum Gasteiger partial charge on any atom is -0.445 e. The van der Waals surface area contributed by atoms with Crippen LogP contribution in [0.25, 0.3) is 0 Å². The Kier molecular flexibility index (Phi) is 2.13. The zero-order valence-electron chi connectivity index (χ0n) is 7.18. The lowest BCUT2D eigenvalue weighted by atomic mass is 10.0. The van der Waals surface area contributed by atoms with Crippen molar-refractivity contribution in [2.75, 3.05) is 6.54 Å². The summed E-state index contributed by atoms with van der Waals surface area (Å²) in [6.07, 6.45) is 5.41. The summed E-state index contributed by atoms with van der Waals surface area (Å²) in [5.74, 6) is 1.93. The Hall–Kier alpha value is -0.830. The van der Waals surface area contributed by atoms with Gasteiger partial charge in [-0.15, -0.1) is 0 Å². The van der Waals surface area contributed by atoms with E-state index in [0.717, 1.165) is 30.9 Å². The Morgan fingerprint density at radius 1 is 1.33 bits per heavy atom. The maximum atomic E-state index is 5.56. The van der Waals surface area contributed by atoms with Crippen molar-refractivity contribution in [1.29, 1.82) is 0 Å². The number of oxazole rings is 1. The molecule has 1 aliphatic rings. The van der Waals surface area contributed by atoms with Crippen molar-refractivity contribution in [3.8, 4) is 0 Å². The molecule has 12 heavy (non-hydrogen) atoms. The molecule has 3 nitrogen and oxygen atoms in total. The summed E-state index contributed by atoms with van der Waals surface area (Å²) >= 11 is 0. The topological polar surface area (TPSA) is 52.0 Å². The maximum absolute atomic E-state index is 5.56. The van der Waals surface area contributed by atoms with E-state index in [-0.39, 0.29) is 0 Å². The third-order valence-corrected chi connectivity index (χ3v) is 2.25. The van der Waals surface area contributed by atoms with Crippen LogP contribution in [0, 0.1) is 0 Å². The SMILES string of the molecule is NCCc1nc2c(o1)CCCC2. The number of nitrogens with two attached hydrogens (primary N) is 1. The molecule has 0 saturated heterocycles. The van der Waals surface area contributed by atoms with E-state index in [2.05, 4.69) is 4.98 Å². The van der Waals surface area contributed by atoms with Gasteiger partial charge in [0.2, 0.25) is 0 Å². The molecule has 1 aliphatic carbocycles. The normalized spacial score (nSPS) is 16.1. The highest BCUT2D eigenvalue weighted by atomic mass is 16.4. The molecular weight excluding hydrogens is 152 g/mol. The Labute approximate surface area is 72.0 Å². The summed E-state index contributed by atoms with van der Waals surface area (Å²) in [5.41, 5.74) is 6.59. The first-order valence-electron chi connectivity index (χ1n) is 4.57. The van der Waals surface area contributed by atoms with Crippen LogP contribution in [0.2, 0.25) is 0 Å². The van der Waals surface area contributed by atoms with Crippen LogP contribution in [0.5, 0.6) is 0 Å². The summed E-state index contributed by atoms with van der Waals surface area (Å²) in [5, 5.41) is 0. The smallest absolute Gasteiger partial charge is 0.195 e. The lowest BCUT2D eigenvalue weighted by Crippen LogP contribution is -2.03. The minimum atomic E-state index is 0.624. The number of rotatable bonds is 2. The van der Waals surface area contributed by atoms with Crippen molar-refractivity contribution >= 4 is 0 Å². The number of fused-ring (bicyclic) bond motifs is 1. The highest BCUT2D eigenvalue weighted by Crippen LogP contribution is 2.21. The Bertz CT molecular complexity index is 244. The van der Waals surface area contributed by atoms with Crippen LogP contribution in [0.1, 0.15) is 30.2 Å². The highest BCUT2D eigenvalue weighted by Gasteiger charge is 2.15. The average Bonchev–Trinajstić information content (AvgIpc) is 2.47. The van der Waals surface area contributed by atoms with E-state index in [4.69, 9.17) is 10.2 Å². The van der Waals surface area contributed by atoms with E-state index in [1.54, 1.807) is 0 Å². The fourth-order valence-electron chi connectivity index (χ4n) is 1.64. The number of nitrogens with zero attached hydrogens (tertiary/aromatic N) is 1. The van der Waals surface area contributed by atoms with Crippen molar-refractivity contribution < 1.29 is 4.42 Å². The first-order chi connectivity index (χ1) is 5.90. The zero-order chi connectivity index (χ0) is 8.39. The summed E-state index contributed by atoms with van der Waals surface area (Å²) in [6.45, 7) is 0.624. The van der Waals surface area contributed by atoms with E-state index in [1.807, 2.05) is 0 Å². The molecule has 0 bridgehead atoms. The van der Waals surface area contributed by atoms with Crippen LogP contribution in [-0.4, -0.2) is 11.5 Å². The average molecular weight is 166 g/mol. The third kappa shape index (κ3) is 1.37.